The van der Waals surface area contributed by atoms with Crippen molar-refractivity contribution in [1.29, 1.82) is 0 Å². The van der Waals surface area contributed by atoms with E-state index in [-0.39, 0.29) is 5.41 Å². The molecule has 0 atom stereocenters. The lowest BCUT2D eigenvalue weighted by atomic mass is 9.93. The first-order valence-corrected chi connectivity index (χ1v) is 3.95. The summed E-state index contributed by atoms with van der Waals surface area (Å²) < 4.78 is 0. The van der Waals surface area contributed by atoms with Crippen LogP contribution in [0.1, 0.15) is 20.8 Å². The number of azo groups is 1. The minimum absolute atomic E-state index is 0.0172. The van der Waals surface area contributed by atoms with E-state index in [0.29, 0.717) is 0 Å². The lowest BCUT2D eigenvalue weighted by Gasteiger charge is -2.17. The van der Waals surface area contributed by atoms with Crippen molar-refractivity contribution in [2.45, 2.75) is 20.8 Å². The van der Waals surface area contributed by atoms with Crippen LogP contribution in [0.5, 0.6) is 0 Å². The largest absolute Gasteiger partial charge is 0.327 e. The van der Waals surface area contributed by atoms with Gasteiger partial charge in [0, 0.05) is 25.7 Å². The molecule has 0 aliphatic carbocycles. The fourth-order valence-electron chi connectivity index (χ4n) is 0.644. The minimum Gasteiger partial charge on any atom is -0.327 e. The highest BCUT2D eigenvalue weighted by molar-refractivity contribution is 5.06. The summed E-state index contributed by atoms with van der Waals surface area (Å²) >= 11 is 0. The fraction of sp³-hybridized carbons (Fsp3) is 0.750. The zero-order chi connectivity index (χ0) is 9.61. The molecule has 70 valence electrons. The van der Waals surface area contributed by atoms with Crippen LogP contribution in [0.2, 0.25) is 0 Å². The maximum atomic E-state index is 4.02. The molecule has 4 heteroatoms. The molecule has 0 rings (SSSR count). The van der Waals surface area contributed by atoms with E-state index < -0.39 is 0 Å². The second-order valence-corrected chi connectivity index (χ2v) is 3.47. The fourth-order valence-corrected chi connectivity index (χ4v) is 0.644. The average molecular weight is 170 g/mol. The molecule has 0 bridgehead atoms. The molecule has 0 aromatic carbocycles. The van der Waals surface area contributed by atoms with Gasteiger partial charge in [-0.2, -0.15) is 10.2 Å². The summed E-state index contributed by atoms with van der Waals surface area (Å²) in [5.74, 6) is 0. The van der Waals surface area contributed by atoms with Crippen molar-refractivity contribution >= 4 is 0 Å². The Kier molecular flexibility index (Phi) is 4.51. The van der Waals surface area contributed by atoms with Crippen molar-refractivity contribution < 1.29 is 0 Å². The maximum absolute atomic E-state index is 4.02. The Morgan fingerprint density at radius 3 is 2.25 bits per heavy atom. The maximum Gasteiger partial charge on any atom is 0.0849 e. The highest BCUT2D eigenvalue weighted by Crippen LogP contribution is 2.25. The quantitative estimate of drug-likeness (QED) is 0.500. The van der Waals surface area contributed by atoms with Crippen molar-refractivity contribution in [3.8, 4) is 0 Å². The van der Waals surface area contributed by atoms with Crippen molar-refractivity contribution in [2.24, 2.45) is 15.6 Å². The van der Waals surface area contributed by atoms with Crippen LogP contribution in [-0.2, 0) is 0 Å². The van der Waals surface area contributed by atoms with Gasteiger partial charge in [0.05, 0.1) is 5.70 Å². The van der Waals surface area contributed by atoms with Gasteiger partial charge < -0.3 is 5.43 Å². The van der Waals surface area contributed by atoms with Crippen LogP contribution in [-0.4, -0.2) is 14.1 Å². The van der Waals surface area contributed by atoms with E-state index in [1.807, 2.05) is 6.20 Å². The normalized spacial score (nSPS) is 13.9. The van der Waals surface area contributed by atoms with Crippen LogP contribution < -0.4 is 10.9 Å². The number of nitrogens with zero attached hydrogens (tertiary/aromatic N) is 2. The van der Waals surface area contributed by atoms with Crippen molar-refractivity contribution in [3.63, 3.8) is 0 Å². The monoisotopic (exact) mass is 170 g/mol. The lowest BCUT2D eigenvalue weighted by Crippen LogP contribution is -2.23. The minimum atomic E-state index is 0.0172. The first-order valence-electron chi connectivity index (χ1n) is 3.95. The molecule has 0 heterocycles. The number of hydrogen-bond acceptors (Lipinski definition) is 4. The highest BCUT2D eigenvalue weighted by Gasteiger charge is 2.16. The van der Waals surface area contributed by atoms with Crippen LogP contribution >= 0.6 is 0 Å². The second-order valence-electron chi connectivity index (χ2n) is 3.47. The van der Waals surface area contributed by atoms with Gasteiger partial charge in [-0.15, -0.1) is 0 Å². The Morgan fingerprint density at radius 2 is 1.92 bits per heavy atom. The van der Waals surface area contributed by atoms with E-state index >= 15 is 0 Å². The molecule has 0 spiro atoms. The molecular weight excluding hydrogens is 152 g/mol. The van der Waals surface area contributed by atoms with Crippen molar-refractivity contribution in [2.75, 3.05) is 14.1 Å². The molecule has 0 aromatic heterocycles. The standard InChI is InChI=1S/C8H18N4/c1-8(2,3)7(12-10-5)6-11-9-4/h6,9,11H,1-5H3/b7-6-,12-10-. The third-order valence-corrected chi connectivity index (χ3v) is 1.33. The van der Waals surface area contributed by atoms with Gasteiger partial charge in [0.2, 0.25) is 0 Å². The van der Waals surface area contributed by atoms with Crippen LogP contribution in [0.4, 0.5) is 0 Å². The molecule has 0 aliphatic rings. The van der Waals surface area contributed by atoms with E-state index in [2.05, 4.69) is 41.9 Å². The van der Waals surface area contributed by atoms with Crippen LogP contribution in [0, 0.1) is 5.41 Å². The van der Waals surface area contributed by atoms with Crippen molar-refractivity contribution in [1.82, 2.24) is 10.9 Å². The number of allylic oxidation sites excluding steroid dienone is 1. The van der Waals surface area contributed by atoms with Crippen molar-refractivity contribution in [3.05, 3.63) is 11.9 Å². The molecular formula is C8H18N4. The van der Waals surface area contributed by atoms with Crippen LogP contribution in [0.15, 0.2) is 22.1 Å². The SMILES string of the molecule is C/N=N\C(=C/NNC)C(C)(C)C. The molecule has 0 unspecified atom stereocenters. The van der Waals surface area contributed by atoms with E-state index in [1.54, 1.807) is 14.1 Å². The Bertz CT molecular complexity index is 176. The summed E-state index contributed by atoms with van der Waals surface area (Å²) in [4.78, 5) is 0. The van der Waals surface area contributed by atoms with Crippen LogP contribution in [0.25, 0.3) is 0 Å². The van der Waals surface area contributed by atoms with E-state index in [9.17, 15) is 0 Å². The molecule has 0 amide bonds. The van der Waals surface area contributed by atoms with Gasteiger partial charge in [0.25, 0.3) is 0 Å². The number of hydrogen-bond donors (Lipinski definition) is 2. The molecule has 0 radical (unpaired) electrons. The Morgan fingerprint density at radius 1 is 1.33 bits per heavy atom. The summed E-state index contributed by atoms with van der Waals surface area (Å²) in [7, 11) is 3.47. The highest BCUT2D eigenvalue weighted by atomic mass is 15.3. The number of hydrazine groups is 1. The van der Waals surface area contributed by atoms with Gasteiger partial charge in [-0.3, -0.25) is 0 Å². The predicted molar refractivity (Wildman–Crippen MR) is 50.5 cm³/mol. The predicted octanol–water partition coefficient (Wildman–Crippen LogP) is 1.68. The van der Waals surface area contributed by atoms with Gasteiger partial charge in [0.1, 0.15) is 0 Å². The average Bonchev–Trinajstić information content (AvgIpc) is 1.95. The Hall–Kier alpha value is -0.900. The van der Waals surface area contributed by atoms with Gasteiger partial charge in [-0.05, 0) is 0 Å². The molecule has 0 saturated carbocycles. The molecule has 4 nitrogen and oxygen atoms in total. The van der Waals surface area contributed by atoms with E-state index in [4.69, 9.17) is 0 Å². The summed E-state index contributed by atoms with van der Waals surface area (Å²) in [6.07, 6.45) is 1.81. The van der Waals surface area contributed by atoms with E-state index in [0.717, 1.165) is 5.70 Å². The van der Waals surface area contributed by atoms with Gasteiger partial charge in [0.15, 0.2) is 0 Å². The zero-order valence-electron chi connectivity index (χ0n) is 8.47. The topological polar surface area (TPSA) is 48.8 Å². The summed E-state index contributed by atoms with van der Waals surface area (Å²) in [6.45, 7) is 6.26. The summed E-state index contributed by atoms with van der Waals surface area (Å²) in [5, 5.41) is 7.76. The summed E-state index contributed by atoms with van der Waals surface area (Å²) in [6, 6.07) is 0. The number of nitrogens with one attached hydrogen (secondary N) is 2. The van der Waals surface area contributed by atoms with Crippen LogP contribution in [0.3, 0.4) is 0 Å². The Labute approximate surface area is 74.1 Å². The molecule has 0 aromatic rings. The molecule has 2 N–H and O–H groups in total. The zero-order valence-corrected chi connectivity index (χ0v) is 8.47. The van der Waals surface area contributed by atoms with Gasteiger partial charge in [-0.25, -0.2) is 5.43 Å². The first kappa shape index (κ1) is 11.1. The van der Waals surface area contributed by atoms with Gasteiger partial charge in [-0.1, -0.05) is 20.8 Å². The molecule has 12 heavy (non-hydrogen) atoms. The smallest absolute Gasteiger partial charge is 0.0849 e. The Balaban J connectivity index is 4.44. The molecule has 0 aliphatic heterocycles. The third kappa shape index (κ3) is 4.08. The van der Waals surface area contributed by atoms with E-state index in [1.165, 1.54) is 0 Å². The molecule has 0 saturated heterocycles. The van der Waals surface area contributed by atoms with Gasteiger partial charge >= 0.3 is 0 Å². The third-order valence-electron chi connectivity index (χ3n) is 1.33. The lowest BCUT2D eigenvalue weighted by molar-refractivity contribution is 0.484. The first-order chi connectivity index (χ1) is 5.52. The molecule has 0 fully saturated rings. The summed E-state index contributed by atoms with van der Waals surface area (Å²) in [5.41, 5.74) is 6.61. The second kappa shape index (κ2) is 4.87. The number of rotatable bonds is 3.